The van der Waals surface area contributed by atoms with Crippen LogP contribution < -0.4 is 5.73 Å². The third kappa shape index (κ3) is 1.33. The molecule has 0 unspecified atom stereocenters. The van der Waals surface area contributed by atoms with Crippen LogP contribution in [0.4, 0.5) is 0 Å². The zero-order valence-corrected chi connectivity index (χ0v) is 8.61. The first-order valence-corrected chi connectivity index (χ1v) is 5.69. The van der Waals surface area contributed by atoms with Gasteiger partial charge in [-0.1, -0.05) is 0 Å². The van der Waals surface area contributed by atoms with Crippen LogP contribution in [0.2, 0.25) is 0 Å². The van der Waals surface area contributed by atoms with E-state index < -0.39 is 10.0 Å². The second-order valence-corrected chi connectivity index (χ2v) is 5.26. The van der Waals surface area contributed by atoms with Crippen molar-refractivity contribution in [1.29, 1.82) is 0 Å². The number of hydrogen-bond donors (Lipinski definition) is 1. The number of rotatable bonds is 2. The molecule has 1 aliphatic rings. The molecule has 2 N–H and O–H groups in total. The Morgan fingerprint density at radius 2 is 2.21 bits per heavy atom. The predicted molar refractivity (Wildman–Crippen MR) is 49.9 cm³/mol. The van der Waals surface area contributed by atoms with Gasteiger partial charge in [0, 0.05) is 26.2 Å². The van der Waals surface area contributed by atoms with E-state index in [0.717, 1.165) is 0 Å². The van der Waals surface area contributed by atoms with Gasteiger partial charge in [0.2, 0.25) is 0 Å². The molecule has 1 aromatic heterocycles. The maximum Gasteiger partial charge on any atom is 0.260 e. The van der Waals surface area contributed by atoms with Gasteiger partial charge >= 0.3 is 0 Å². The highest BCUT2D eigenvalue weighted by atomic mass is 32.2. The zero-order valence-electron chi connectivity index (χ0n) is 7.79. The van der Waals surface area contributed by atoms with Gasteiger partial charge in [-0.3, -0.25) is 4.68 Å². The van der Waals surface area contributed by atoms with Crippen molar-refractivity contribution in [1.82, 2.24) is 14.1 Å². The van der Waals surface area contributed by atoms with E-state index in [4.69, 9.17) is 5.73 Å². The van der Waals surface area contributed by atoms with E-state index in [2.05, 4.69) is 5.10 Å². The second kappa shape index (κ2) is 3.04. The number of aromatic nitrogens is 2. The van der Waals surface area contributed by atoms with Crippen molar-refractivity contribution in [2.75, 3.05) is 13.1 Å². The molecule has 1 aromatic rings. The molecule has 6 nitrogen and oxygen atoms in total. The van der Waals surface area contributed by atoms with Gasteiger partial charge in [-0.2, -0.15) is 9.40 Å². The Bertz CT molecular complexity index is 432. The van der Waals surface area contributed by atoms with Crippen LogP contribution in [0.5, 0.6) is 0 Å². The van der Waals surface area contributed by atoms with Crippen LogP contribution in [0.15, 0.2) is 17.3 Å². The van der Waals surface area contributed by atoms with Crippen molar-refractivity contribution >= 4 is 10.0 Å². The van der Waals surface area contributed by atoms with E-state index in [0.29, 0.717) is 13.1 Å². The van der Waals surface area contributed by atoms with E-state index in [-0.39, 0.29) is 11.1 Å². The molecule has 1 saturated heterocycles. The van der Waals surface area contributed by atoms with Crippen LogP contribution in [0.25, 0.3) is 0 Å². The summed E-state index contributed by atoms with van der Waals surface area (Å²) < 4.78 is 26.4. The Kier molecular flexibility index (Phi) is 2.09. The Morgan fingerprint density at radius 1 is 1.57 bits per heavy atom. The molecule has 2 heterocycles. The maximum atomic E-state index is 11.9. The van der Waals surface area contributed by atoms with Crippen LogP contribution in [0, 0.1) is 0 Å². The monoisotopic (exact) mass is 216 g/mol. The molecule has 0 amide bonds. The summed E-state index contributed by atoms with van der Waals surface area (Å²) in [5.74, 6) is 0. The molecule has 0 atom stereocenters. The SMILES string of the molecule is Cn1nccc1S(=O)(=O)N1CC(N)C1. The van der Waals surface area contributed by atoms with Crippen LogP contribution in [0.3, 0.4) is 0 Å². The average molecular weight is 216 g/mol. The summed E-state index contributed by atoms with van der Waals surface area (Å²) in [6, 6.07) is 1.46. The molecule has 0 spiro atoms. The molecule has 14 heavy (non-hydrogen) atoms. The standard InChI is InChI=1S/C7H12N4O2S/c1-10-7(2-3-9-10)14(12,13)11-4-6(8)5-11/h2-3,6H,4-5,8H2,1H3. The van der Waals surface area contributed by atoms with Crippen molar-refractivity contribution in [3.8, 4) is 0 Å². The highest BCUT2D eigenvalue weighted by Gasteiger charge is 2.36. The van der Waals surface area contributed by atoms with Gasteiger partial charge in [0.25, 0.3) is 10.0 Å². The predicted octanol–water partition coefficient (Wildman–Crippen LogP) is -1.25. The second-order valence-electron chi connectivity index (χ2n) is 3.38. The van der Waals surface area contributed by atoms with Crippen LogP contribution in [-0.4, -0.2) is 41.6 Å². The molecule has 1 fully saturated rings. The number of nitrogens with two attached hydrogens (primary N) is 1. The number of sulfonamides is 1. The molecular weight excluding hydrogens is 204 g/mol. The minimum atomic E-state index is -3.37. The molecule has 7 heteroatoms. The quantitative estimate of drug-likeness (QED) is 0.670. The Balaban J connectivity index is 2.30. The molecular formula is C7H12N4O2S. The fourth-order valence-corrected chi connectivity index (χ4v) is 3.07. The highest BCUT2D eigenvalue weighted by Crippen LogP contribution is 2.19. The normalized spacial score (nSPS) is 19.6. The molecule has 2 rings (SSSR count). The van der Waals surface area contributed by atoms with Gasteiger partial charge in [0.1, 0.15) is 0 Å². The Labute approximate surface area is 82.4 Å². The van der Waals surface area contributed by atoms with Gasteiger partial charge in [0.05, 0.1) is 6.20 Å². The minimum absolute atomic E-state index is 0.0296. The summed E-state index contributed by atoms with van der Waals surface area (Å²) in [6.07, 6.45) is 1.46. The van der Waals surface area contributed by atoms with Crippen LogP contribution >= 0.6 is 0 Å². The Hall–Kier alpha value is -0.920. The number of nitrogens with zero attached hydrogens (tertiary/aromatic N) is 3. The van der Waals surface area contributed by atoms with E-state index in [1.54, 1.807) is 7.05 Å². The Morgan fingerprint density at radius 3 is 2.64 bits per heavy atom. The van der Waals surface area contributed by atoms with Crippen molar-refractivity contribution in [3.63, 3.8) is 0 Å². The third-order valence-electron chi connectivity index (χ3n) is 2.26. The molecule has 78 valence electrons. The maximum absolute atomic E-state index is 11.9. The summed E-state index contributed by atoms with van der Waals surface area (Å²) in [5.41, 5.74) is 5.53. The van der Waals surface area contributed by atoms with Gasteiger partial charge in [-0.15, -0.1) is 0 Å². The van der Waals surface area contributed by atoms with Gasteiger partial charge < -0.3 is 5.73 Å². The first-order valence-electron chi connectivity index (χ1n) is 4.25. The van der Waals surface area contributed by atoms with Crippen molar-refractivity contribution in [2.24, 2.45) is 12.8 Å². The van der Waals surface area contributed by atoms with E-state index >= 15 is 0 Å². The molecule has 0 radical (unpaired) electrons. The van der Waals surface area contributed by atoms with E-state index in [1.807, 2.05) is 0 Å². The number of hydrogen-bond acceptors (Lipinski definition) is 4. The first-order chi connectivity index (χ1) is 6.51. The lowest BCUT2D eigenvalue weighted by molar-refractivity contribution is 0.264. The van der Waals surface area contributed by atoms with Gasteiger partial charge in [-0.25, -0.2) is 8.42 Å². The number of aryl methyl sites for hydroxylation is 1. The zero-order chi connectivity index (χ0) is 10.3. The smallest absolute Gasteiger partial charge is 0.260 e. The summed E-state index contributed by atoms with van der Waals surface area (Å²) in [6.45, 7) is 0.793. The van der Waals surface area contributed by atoms with E-state index in [9.17, 15) is 8.42 Å². The first kappa shape index (κ1) is 9.63. The van der Waals surface area contributed by atoms with Gasteiger partial charge in [0.15, 0.2) is 5.03 Å². The third-order valence-corrected chi connectivity index (χ3v) is 4.16. The van der Waals surface area contributed by atoms with Crippen molar-refractivity contribution in [2.45, 2.75) is 11.1 Å². The molecule has 1 aliphatic heterocycles. The molecule has 0 aromatic carbocycles. The lowest BCUT2D eigenvalue weighted by Crippen LogP contribution is -2.57. The molecule has 0 aliphatic carbocycles. The highest BCUT2D eigenvalue weighted by molar-refractivity contribution is 7.89. The van der Waals surface area contributed by atoms with Crippen molar-refractivity contribution in [3.05, 3.63) is 12.3 Å². The lowest BCUT2D eigenvalue weighted by Gasteiger charge is -2.35. The topological polar surface area (TPSA) is 81.2 Å². The van der Waals surface area contributed by atoms with Crippen LogP contribution in [0.1, 0.15) is 0 Å². The van der Waals surface area contributed by atoms with Crippen LogP contribution in [-0.2, 0) is 17.1 Å². The fraction of sp³-hybridized carbons (Fsp3) is 0.571. The summed E-state index contributed by atoms with van der Waals surface area (Å²) in [5, 5.41) is 4.03. The molecule has 0 bridgehead atoms. The summed E-state index contributed by atoms with van der Waals surface area (Å²) >= 11 is 0. The molecule has 0 saturated carbocycles. The fourth-order valence-electron chi connectivity index (χ4n) is 1.41. The summed E-state index contributed by atoms with van der Waals surface area (Å²) in [4.78, 5) is 0. The lowest BCUT2D eigenvalue weighted by atomic mass is 10.2. The minimum Gasteiger partial charge on any atom is -0.325 e. The van der Waals surface area contributed by atoms with Crippen molar-refractivity contribution < 1.29 is 8.42 Å². The van der Waals surface area contributed by atoms with E-state index in [1.165, 1.54) is 21.3 Å². The largest absolute Gasteiger partial charge is 0.325 e. The summed E-state index contributed by atoms with van der Waals surface area (Å²) in [7, 11) is -1.76. The average Bonchev–Trinajstić information content (AvgIpc) is 2.46. The van der Waals surface area contributed by atoms with Gasteiger partial charge in [-0.05, 0) is 6.07 Å².